The van der Waals surface area contributed by atoms with Crippen molar-refractivity contribution in [3.8, 4) is 0 Å². The third-order valence-electron chi connectivity index (χ3n) is 5.23. The van der Waals surface area contributed by atoms with Crippen LogP contribution in [0, 0.1) is 19.7 Å². The lowest BCUT2D eigenvalue weighted by molar-refractivity contribution is 0.581. The molecule has 3 heterocycles. The van der Waals surface area contributed by atoms with Crippen LogP contribution in [0.25, 0.3) is 0 Å². The minimum atomic E-state index is -0.247. The molecule has 4 rings (SSSR count). The second-order valence-corrected chi connectivity index (χ2v) is 7.90. The monoisotopic (exact) mass is 452 g/mol. The Morgan fingerprint density at radius 3 is 2.59 bits per heavy atom. The predicted molar refractivity (Wildman–Crippen MR) is 126 cm³/mol. The molecule has 0 aliphatic carbocycles. The molecular formula is C22H25FN8S. The SMILES string of the molecule is CCn1ncc(Cn2cc(NC(=S)Nc3cc(C)n(Cc4ccccc4F)n3)cn2)c1C. The lowest BCUT2D eigenvalue weighted by Gasteiger charge is -2.07. The highest BCUT2D eigenvalue weighted by atomic mass is 32.1. The molecular weight excluding hydrogens is 427 g/mol. The number of hydrogen-bond acceptors (Lipinski definition) is 4. The number of aryl methyl sites for hydroxylation is 2. The third kappa shape index (κ3) is 4.86. The Bertz CT molecular complexity index is 1240. The first kappa shape index (κ1) is 21.7. The van der Waals surface area contributed by atoms with Crippen LogP contribution in [-0.2, 0) is 19.6 Å². The van der Waals surface area contributed by atoms with E-state index in [1.807, 2.05) is 40.8 Å². The van der Waals surface area contributed by atoms with Crippen LogP contribution in [0.15, 0.2) is 48.9 Å². The Hall–Kier alpha value is -3.53. The van der Waals surface area contributed by atoms with E-state index in [1.165, 1.54) is 6.07 Å². The number of halogens is 1. The van der Waals surface area contributed by atoms with Crippen molar-refractivity contribution in [1.29, 1.82) is 0 Å². The average molecular weight is 453 g/mol. The van der Waals surface area contributed by atoms with Gasteiger partial charge >= 0.3 is 0 Å². The molecule has 4 aromatic rings. The molecule has 166 valence electrons. The summed E-state index contributed by atoms with van der Waals surface area (Å²) in [6.45, 7) is 7.86. The van der Waals surface area contributed by atoms with E-state index < -0.39 is 0 Å². The van der Waals surface area contributed by atoms with E-state index in [2.05, 4.69) is 39.8 Å². The molecule has 32 heavy (non-hydrogen) atoms. The highest BCUT2D eigenvalue weighted by molar-refractivity contribution is 7.80. The number of nitrogens with zero attached hydrogens (tertiary/aromatic N) is 6. The van der Waals surface area contributed by atoms with Gasteiger partial charge in [-0.15, -0.1) is 0 Å². The summed E-state index contributed by atoms with van der Waals surface area (Å²) in [5, 5.41) is 19.9. The summed E-state index contributed by atoms with van der Waals surface area (Å²) in [6, 6.07) is 8.55. The maximum Gasteiger partial charge on any atom is 0.176 e. The standard InChI is InChI=1S/C22H25FN8S/c1-4-30-16(3)18(10-25-30)12-29-14-19(11-24-29)26-22(32)27-21-9-15(2)31(28-21)13-17-7-5-6-8-20(17)23/h5-11,14H,4,12-13H2,1-3H3,(H2,26,27,28,32). The van der Waals surface area contributed by atoms with Gasteiger partial charge in [-0.3, -0.25) is 14.0 Å². The van der Waals surface area contributed by atoms with Gasteiger partial charge in [0.25, 0.3) is 0 Å². The fourth-order valence-corrected chi connectivity index (χ4v) is 3.67. The van der Waals surface area contributed by atoms with Crippen LogP contribution in [0.3, 0.4) is 0 Å². The first-order chi connectivity index (χ1) is 15.4. The smallest absolute Gasteiger partial charge is 0.176 e. The van der Waals surface area contributed by atoms with Crippen molar-refractivity contribution in [2.75, 3.05) is 10.6 Å². The zero-order valence-corrected chi connectivity index (χ0v) is 19.0. The molecule has 10 heteroatoms. The predicted octanol–water partition coefficient (Wildman–Crippen LogP) is 3.96. The first-order valence-electron chi connectivity index (χ1n) is 10.3. The Kier molecular flexibility index (Phi) is 6.31. The van der Waals surface area contributed by atoms with Crippen molar-refractivity contribution in [3.63, 3.8) is 0 Å². The van der Waals surface area contributed by atoms with Crippen LogP contribution in [-0.4, -0.2) is 34.5 Å². The van der Waals surface area contributed by atoms with Gasteiger partial charge in [0.2, 0.25) is 0 Å². The van der Waals surface area contributed by atoms with Crippen LogP contribution in [0.4, 0.5) is 15.9 Å². The van der Waals surface area contributed by atoms with E-state index in [4.69, 9.17) is 12.2 Å². The van der Waals surface area contributed by atoms with Crippen molar-refractivity contribution in [2.45, 2.75) is 40.4 Å². The summed E-state index contributed by atoms with van der Waals surface area (Å²) in [4.78, 5) is 0. The van der Waals surface area contributed by atoms with E-state index in [0.29, 0.717) is 29.6 Å². The molecule has 0 amide bonds. The minimum Gasteiger partial charge on any atom is -0.330 e. The summed E-state index contributed by atoms with van der Waals surface area (Å²) in [7, 11) is 0. The molecule has 0 spiro atoms. The molecule has 0 saturated heterocycles. The van der Waals surface area contributed by atoms with Crippen molar-refractivity contribution in [1.82, 2.24) is 29.3 Å². The molecule has 1 aromatic carbocycles. The molecule has 0 bridgehead atoms. The second kappa shape index (κ2) is 9.31. The van der Waals surface area contributed by atoms with Gasteiger partial charge in [0.15, 0.2) is 10.9 Å². The number of thiocarbonyl (C=S) groups is 1. The van der Waals surface area contributed by atoms with E-state index in [9.17, 15) is 4.39 Å². The van der Waals surface area contributed by atoms with Gasteiger partial charge < -0.3 is 10.6 Å². The summed E-state index contributed by atoms with van der Waals surface area (Å²) in [6.07, 6.45) is 5.48. The van der Waals surface area contributed by atoms with Gasteiger partial charge in [-0.1, -0.05) is 18.2 Å². The zero-order chi connectivity index (χ0) is 22.7. The normalized spacial score (nSPS) is 11.0. The first-order valence-corrected chi connectivity index (χ1v) is 10.7. The molecule has 0 atom stereocenters. The average Bonchev–Trinajstić information content (AvgIpc) is 3.44. The number of rotatable bonds is 7. The summed E-state index contributed by atoms with van der Waals surface area (Å²) < 4.78 is 19.5. The van der Waals surface area contributed by atoms with Gasteiger partial charge in [-0.05, 0) is 39.1 Å². The maximum atomic E-state index is 13.9. The lowest BCUT2D eigenvalue weighted by Crippen LogP contribution is -2.19. The molecule has 3 aromatic heterocycles. The molecule has 0 fully saturated rings. The lowest BCUT2D eigenvalue weighted by atomic mass is 10.2. The number of nitrogens with one attached hydrogen (secondary N) is 2. The molecule has 0 radical (unpaired) electrons. The van der Waals surface area contributed by atoms with Gasteiger partial charge in [0.1, 0.15) is 5.82 Å². The van der Waals surface area contributed by atoms with Crippen LogP contribution in [0.2, 0.25) is 0 Å². The maximum absolute atomic E-state index is 13.9. The molecule has 8 nitrogen and oxygen atoms in total. The van der Waals surface area contributed by atoms with Gasteiger partial charge in [-0.25, -0.2) is 4.39 Å². The van der Waals surface area contributed by atoms with E-state index >= 15 is 0 Å². The Morgan fingerprint density at radius 1 is 1.03 bits per heavy atom. The Labute approximate surface area is 191 Å². The van der Waals surface area contributed by atoms with Crippen molar-refractivity contribution >= 4 is 28.8 Å². The Balaban J connectivity index is 1.36. The Morgan fingerprint density at radius 2 is 1.84 bits per heavy atom. The van der Waals surface area contributed by atoms with Crippen molar-refractivity contribution in [2.24, 2.45) is 0 Å². The number of aromatic nitrogens is 6. The second-order valence-electron chi connectivity index (χ2n) is 7.50. The van der Waals surface area contributed by atoms with Crippen molar-refractivity contribution in [3.05, 3.63) is 77.3 Å². The summed E-state index contributed by atoms with van der Waals surface area (Å²) in [5.74, 6) is 0.342. The highest BCUT2D eigenvalue weighted by Crippen LogP contribution is 2.15. The van der Waals surface area contributed by atoms with E-state index in [-0.39, 0.29) is 5.82 Å². The van der Waals surface area contributed by atoms with Crippen LogP contribution in [0.1, 0.15) is 29.4 Å². The topological polar surface area (TPSA) is 77.5 Å². The van der Waals surface area contributed by atoms with Gasteiger partial charge in [0.05, 0.1) is 31.2 Å². The minimum absolute atomic E-state index is 0.247. The van der Waals surface area contributed by atoms with Crippen LogP contribution in [0.5, 0.6) is 0 Å². The number of hydrogen-bond donors (Lipinski definition) is 2. The quantitative estimate of drug-likeness (QED) is 0.414. The van der Waals surface area contributed by atoms with Gasteiger partial charge in [-0.2, -0.15) is 15.3 Å². The van der Waals surface area contributed by atoms with Crippen molar-refractivity contribution < 1.29 is 4.39 Å². The fourth-order valence-electron chi connectivity index (χ4n) is 3.45. The third-order valence-corrected chi connectivity index (χ3v) is 5.43. The van der Waals surface area contributed by atoms with Crippen LogP contribution < -0.4 is 10.6 Å². The number of benzene rings is 1. The highest BCUT2D eigenvalue weighted by Gasteiger charge is 2.10. The summed E-state index contributed by atoms with van der Waals surface area (Å²) in [5.41, 5.74) is 4.51. The van der Waals surface area contributed by atoms with E-state index in [0.717, 1.165) is 29.2 Å². The molecule has 0 aliphatic heterocycles. The number of anilines is 2. The van der Waals surface area contributed by atoms with Crippen LogP contribution >= 0.6 is 12.2 Å². The van der Waals surface area contributed by atoms with E-state index in [1.54, 1.807) is 23.0 Å². The molecule has 0 unspecified atom stereocenters. The van der Waals surface area contributed by atoms with Gasteiger partial charge in [0, 0.05) is 41.3 Å². The fraction of sp³-hybridized carbons (Fsp3) is 0.273. The molecule has 0 saturated carbocycles. The zero-order valence-electron chi connectivity index (χ0n) is 18.2. The largest absolute Gasteiger partial charge is 0.330 e. The summed E-state index contributed by atoms with van der Waals surface area (Å²) >= 11 is 5.42. The molecule has 2 N–H and O–H groups in total. The molecule has 0 aliphatic rings.